The predicted molar refractivity (Wildman–Crippen MR) is 186 cm³/mol. The number of thiophene rings is 1. The second kappa shape index (κ2) is 10.0. The van der Waals surface area contributed by atoms with E-state index in [2.05, 4.69) is 131 Å². The largest absolute Gasteiger partial charge is 0.330 e. The lowest BCUT2D eigenvalue weighted by Gasteiger charge is -2.24. The number of aromatic nitrogens is 1. The van der Waals surface area contributed by atoms with Gasteiger partial charge in [-0.05, 0) is 41.0 Å². The molecule has 1 atom stereocenters. The number of amidine groups is 1. The maximum absolute atomic E-state index is 5.14. The fourth-order valence-corrected chi connectivity index (χ4v) is 7.65. The molecule has 208 valence electrons. The first kappa shape index (κ1) is 25.0. The van der Waals surface area contributed by atoms with Crippen molar-refractivity contribution in [3.8, 4) is 11.1 Å². The van der Waals surface area contributed by atoms with Gasteiger partial charge in [0.1, 0.15) is 6.17 Å². The maximum Gasteiger partial charge on any atom is 0.211 e. The van der Waals surface area contributed by atoms with Crippen molar-refractivity contribution >= 4 is 65.1 Å². The highest BCUT2D eigenvalue weighted by Gasteiger charge is 2.24. The average Bonchev–Trinajstić information content (AvgIpc) is 3.64. The molecule has 8 aromatic rings. The Hall–Kier alpha value is -5.52. The summed E-state index contributed by atoms with van der Waals surface area (Å²) in [6.07, 6.45) is -0.264. The van der Waals surface area contributed by atoms with Crippen molar-refractivity contribution in [3.05, 3.63) is 157 Å². The Morgan fingerprint density at radius 1 is 0.568 bits per heavy atom. The Labute approximate surface area is 258 Å². The minimum absolute atomic E-state index is 0.264. The van der Waals surface area contributed by atoms with E-state index in [0.29, 0.717) is 5.84 Å². The van der Waals surface area contributed by atoms with Gasteiger partial charge in [-0.3, -0.25) is 4.57 Å². The fourth-order valence-electron chi connectivity index (χ4n) is 6.42. The van der Waals surface area contributed by atoms with Gasteiger partial charge in [-0.1, -0.05) is 121 Å². The summed E-state index contributed by atoms with van der Waals surface area (Å²) in [5.41, 5.74) is 6.76. The molecule has 0 bridgehead atoms. The monoisotopic (exact) mass is 582 g/mol. The van der Waals surface area contributed by atoms with Crippen molar-refractivity contribution in [2.24, 2.45) is 9.98 Å². The van der Waals surface area contributed by atoms with Gasteiger partial charge >= 0.3 is 0 Å². The summed E-state index contributed by atoms with van der Waals surface area (Å²) in [5.74, 6) is 1.48. The molecule has 9 rings (SSSR count). The summed E-state index contributed by atoms with van der Waals surface area (Å²) in [7, 11) is 0. The number of nitrogens with zero attached hydrogens (tertiary/aromatic N) is 3. The summed E-state index contributed by atoms with van der Waals surface area (Å²) in [6, 6.07) is 51.4. The molecule has 1 aliphatic rings. The Morgan fingerprint density at radius 3 is 2.14 bits per heavy atom. The van der Waals surface area contributed by atoms with E-state index in [1.54, 1.807) is 0 Å². The highest BCUT2D eigenvalue weighted by Crippen LogP contribution is 2.41. The topological polar surface area (TPSA) is 41.7 Å². The first-order valence-corrected chi connectivity index (χ1v) is 15.6. The third-order valence-corrected chi connectivity index (χ3v) is 9.70. The van der Waals surface area contributed by atoms with Crippen LogP contribution in [0.15, 0.2) is 156 Å². The quantitative estimate of drug-likeness (QED) is 0.221. The molecule has 1 unspecified atom stereocenters. The van der Waals surface area contributed by atoms with Crippen LogP contribution in [-0.4, -0.2) is 16.4 Å². The van der Waals surface area contributed by atoms with Crippen molar-refractivity contribution in [3.63, 3.8) is 0 Å². The van der Waals surface area contributed by atoms with Crippen molar-refractivity contribution < 1.29 is 0 Å². The molecular formula is C39H26N4S. The summed E-state index contributed by atoms with van der Waals surface area (Å²) in [5, 5.41) is 8.68. The maximum atomic E-state index is 5.14. The van der Waals surface area contributed by atoms with Gasteiger partial charge in [0.05, 0.1) is 11.0 Å². The van der Waals surface area contributed by atoms with Crippen LogP contribution >= 0.6 is 11.3 Å². The summed E-state index contributed by atoms with van der Waals surface area (Å²) in [6.45, 7) is 0. The van der Waals surface area contributed by atoms with E-state index in [-0.39, 0.29) is 6.17 Å². The minimum atomic E-state index is -0.264. The van der Waals surface area contributed by atoms with Crippen LogP contribution in [0.4, 0.5) is 0 Å². The number of rotatable bonds is 3. The lowest BCUT2D eigenvalue weighted by molar-refractivity contribution is 0.661. The van der Waals surface area contributed by atoms with E-state index in [4.69, 9.17) is 9.98 Å². The molecule has 0 radical (unpaired) electrons. The van der Waals surface area contributed by atoms with E-state index >= 15 is 0 Å². The normalized spacial score (nSPS) is 15.0. The molecule has 2 aromatic heterocycles. The molecule has 1 aliphatic heterocycles. The number of para-hydroxylation sites is 1. The molecule has 4 nitrogen and oxygen atoms in total. The van der Waals surface area contributed by atoms with Crippen LogP contribution < -0.4 is 5.32 Å². The van der Waals surface area contributed by atoms with Crippen LogP contribution in [-0.2, 0) is 0 Å². The molecule has 44 heavy (non-hydrogen) atoms. The van der Waals surface area contributed by atoms with Gasteiger partial charge in [-0.15, -0.1) is 11.3 Å². The number of aliphatic imine (C=N–C) groups is 2. The lowest BCUT2D eigenvalue weighted by Crippen LogP contribution is -2.37. The molecule has 3 heterocycles. The number of hydrogen-bond donors (Lipinski definition) is 1. The predicted octanol–water partition coefficient (Wildman–Crippen LogP) is 9.78. The van der Waals surface area contributed by atoms with E-state index in [1.807, 2.05) is 35.6 Å². The third kappa shape index (κ3) is 3.98. The van der Waals surface area contributed by atoms with Crippen molar-refractivity contribution in [1.82, 2.24) is 9.88 Å². The van der Waals surface area contributed by atoms with Gasteiger partial charge < -0.3 is 5.32 Å². The zero-order chi connectivity index (χ0) is 29.0. The first-order chi connectivity index (χ1) is 21.8. The first-order valence-electron chi connectivity index (χ1n) is 14.8. The highest BCUT2D eigenvalue weighted by atomic mass is 32.1. The van der Waals surface area contributed by atoms with Gasteiger partial charge in [-0.25, -0.2) is 4.99 Å². The average molecular weight is 583 g/mol. The fraction of sp³-hybridized carbons (Fsp3) is 0.0256. The van der Waals surface area contributed by atoms with Crippen LogP contribution in [0, 0.1) is 0 Å². The minimum Gasteiger partial charge on any atom is -0.330 e. The molecule has 0 saturated heterocycles. The molecule has 6 aromatic carbocycles. The second-order valence-corrected chi connectivity index (χ2v) is 12.1. The van der Waals surface area contributed by atoms with Gasteiger partial charge in [-0.2, -0.15) is 4.99 Å². The molecule has 5 heteroatoms. The molecule has 0 amide bonds. The molecule has 0 saturated carbocycles. The number of fused-ring (bicyclic) bond motifs is 6. The van der Waals surface area contributed by atoms with Crippen LogP contribution in [0.5, 0.6) is 0 Å². The van der Waals surface area contributed by atoms with Crippen molar-refractivity contribution in [1.29, 1.82) is 0 Å². The molecule has 0 spiro atoms. The van der Waals surface area contributed by atoms with Crippen LogP contribution in [0.25, 0.3) is 53.1 Å². The second-order valence-electron chi connectivity index (χ2n) is 11.1. The third-order valence-electron chi connectivity index (χ3n) is 8.48. The molecule has 1 N–H and O–H groups in total. The lowest BCUT2D eigenvalue weighted by atomic mass is 10.0. The Kier molecular flexibility index (Phi) is 5.71. The smallest absolute Gasteiger partial charge is 0.211 e. The van der Waals surface area contributed by atoms with Gasteiger partial charge in [0.15, 0.2) is 5.84 Å². The Bertz CT molecular complexity index is 2420. The van der Waals surface area contributed by atoms with E-state index in [0.717, 1.165) is 28.1 Å². The molecule has 0 fully saturated rings. The summed E-state index contributed by atoms with van der Waals surface area (Å²) in [4.78, 5) is 10.2. The Balaban J connectivity index is 1.25. The Morgan fingerprint density at radius 2 is 1.27 bits per heavy atom. The SMILES string of the molecule is c1ccc(C2=NC(c3ccccc3)NC(n3c4ccccc4c4cc(-c5cccc6c5sc5ccccc56)ccc43)=N2)cc1. The zero-order valence-electron chi connectivity index (χ0n) is 23.7. The standard InChI is InChI=1S/C39H26N4S/c1-3-12-25(13-4-1)37-40-38(26-14-5-2-6-15-26)42-39(41-37)43-33-20-9-7-16-29(33)32-24-27(22-23-34(32)43)28-18-11-19-31-30-17-8-10-21-35(30)44-36(28)31/h1-24,37H,(H,40,41,42). The highest BCUT2D eigenvalue weighted by molar-refractivity contribution is 7.26. The van der Waals surface area contributed by atoms with E-state index in [1.165, 1.54) is 42.1 Å². The summed E-state index contributed by atoms with van der Waals surface area (Å²) < 4.78 is 4.89. The molecule has 0 aliphatic carbocycles. The van der Waals surface area contributed by atoms with Gasteiger partial charge in [0.25, 0.3) is 0 Å². The van der Waals surface area contributed by atoms with E-state index < -0.39 is 0 Å². The van der Waals surface area contributed by atoms with Crippen molar-refractivity contribution in [2.75, 3.05) is 0 Å². The van der Waals surface area contributed by atoms with Crippen LogP contribution in [0.3, 0.4) is 0 Å². The van der Waals surface area contributed by atoms with E-state index in [9.17, 15) is 0 Å². The van der Waals surface area contributed by atoms with Gasteiger partial charge in [0.2, 0.25) is 5.96 Å². The number of hydrogen-bond acceptors (Lipinski definition) is 4. The number of nitrogens with one attached hydrogen (secondary N) is 1. The van der Waals surface area contributed by atoms with Crippen molar-refractivity contribution in [2.45, 2.75) is 6.17 Å². The van der Waals surface area contributed by atoms with Crippen LogP contribution in [0.2, 0.25) is 0 Å². The van der Waals surface area contributed by atoms with Gasteiger partial charge in [0, 0.05) is 36.5 Å². The van der Waals surface area contributed by atoms with Crippen LogP contribution in [0.1, 0.15) is 17.3 Å². The molecular weight excluding hydrogens is 557 g/mol. The zero-order valence-corrected chi connectivity index (χ0v) is 24.5. The summed E-state index contributed by atoms with van der Waals surface area (Å²) >= 11 is 1.87. The number of benzene rings is 6.